The standard InChI is InChI=1S/C22H22N4O5/c1-29-20-5-16-15-4-18(12-3-14(8-24-7-12)31-11-13(28)10-27)26-22(23)17(15)9-25-19(16)6-21(20)30-2/h3-9,13,27-28H,10-11H2,1-2H3,(H2,23,26). The second-order valence-corrected chi connectivity index (χ2v) is 6.89. The van der Waals surface area contributed by atoms with Crippen LogP contribution in [-0.2, 0) is 0 Å². The zero-order valence-corrected chi connectivity index (χ0v) is 17.1. The van der Waals surface area contributed by atoms with E-state index in [0.29, 0.717) is 34.3 Å². The first kappa shape index (κ1) is 20.6. The lowest BCUT2D eigenvalue weighted by Crippen LogP contribution is -2.21. The van der Waals surface area contributed by atoms with E-state index in [1.54, 1.807) is 32.7 Å². The van der Waals surface area contributed by atoms with E-state index in [0.717, 1.165) is 21.7 Å². The minimum atomic E-state index is -0.969. The number of nitrogens with zero attached hydrogens (tertiary/aromatic N) is 3. The number of pyridine rings is 3. The summed E-state index contributed by atoms with van der Waals surface area (Å²) in [5.41, 5.74) is 8.27. The molecule has 1 atom stereocenters. The van der Waals surface area contributed by atoms with Crippen molar-refractivity contribution in [1.82, 2.24) is 15.0 Å². The number of nitrogen functional groups attached to an aromatic ring is 1. The van der Waals surface area contributed by atoms with Crippen LogP contribution in [0.1, 0.15) is 0 Å². The molecule has 0 saturated carbocycles. The molecule has 1 aromatic carbocycles. The second-order valence-electron chi connectivity index (χ2n) is 6.89. The third-order valence-corrected chi connectivity index (χ3v) is 4.87. The van der Waals surface area contributed by atoms with Gasteiger partial charge >= 0.3 is 0 Å². The largest absolute Gasteiger partial charge is 0.493 e. The Morgan fingerprint density at radius 2 is 1.74 bits per heavy atom. The van der Waals surface area contributed by atoms with Crippen molar-refractivity contribution in [2.75, 3.05) is 33.2 Å². The SMILES string of the molecule is COc1cc2ncc3c(N)nc(-c4cncc(OCC(O)CO)c4)cc3c2cc1OC. The molecule has 0 amide bonds. The van der Waals surface area contributed by atoms with Gasteiger partial charge in [0, 0.05) is 34.8 Å². The first-order valence-corrected chi connectivity index (χ1v) is 9.52. The van der Waals surface area contributed by atoms with Crippen LogP contribution in [-0.4, -0.2) is 58.7 Å². The van der Waals surface area contributed by atoms with E-state index >= 15 is 0 Å². The van der Waals surface area contributed by atoms with E-state index in [9.17, 15) is 5.11 Å². The van der Waals surface area contributed by atoms with Crippen LogP contribution in [0.25, 0.3) is 32.9 Å². The third-order valence-electron chi connectivity index (χ3n) is 4.87. The number of hydrogen-bond donors (Lipinski definition) is 3. The molecule has 3 aromatic heterocycles. The van der Waals surface area contributed by atoms with E-state index in [2.05, 4.69) is 15.0 Å². The van der Waals surface area contributed by atoms with E-state index < -0.39 is 6.10 Å². The Labute approximate surface area is 178 Å². The number of aromatic nitrogens is 3. The van der Waals surface area contributed by atoms with Crippen molar-refractivity contribution in [2.45, 2.75) is 6.10 Å². The van der Waals surface area contributed by atoms with Crippen LogP contribution in [0.2, 0.25) is 0 Å². The highest BCUT2D eigenvalue weighted by Crippen LogP contribution is 2.37. The molecule has 0 aliphatic rings. The van der Waals surface area contributed by atoms with Gasteiger partial charge in [-0.15, -0.1) is 0 Å². The molecule has 1 unspecified atom stereocenters. The van der Waals surface area contributed by atoms with Gasteiger partial charge in [-0.05, 0) is 23.6 Å². The summed E-state index contributed by atoms with van der Waals surface area (Å²) < 4.78 is 16.3. The quantitative estimate of drug-likeness (QED) is 0.383. The van der Waals surface area contributed by atoms with E-state index in [1.807, 2.05) is 18.2 Å². The number of aliphatic hydroxyl groups is 2. The van der Waals surface area contributed by atoms with Crippen molar-refractivity contribution in [2.24, 2.45) is 0 Å². The molecule has 160 valence electrons. The lowest BCUT2D eigenvalue weighted by Gasteiger charge is -2.13. The smallest absolute Gasteiger partial charge is 0.162 e. The highest BCUT2D eigenvalue weighted by molar-refractivity contribution is 6.10. The van der Waals surface area contributed by atoms with Crippen LogP contribution >= 0.6 is 0 Å². The number of rotatable bonds is 7. The van der Waals surface area contributed by atoms with E-state index in [-0.39, 0.29) is 13.2 Å². The highest BCUT2D eigenvalue weighted by Gasteiger charge is 2.14. The Bertz CT molecular complexity index is 1250. The molecule has 9 heteroatoms. The zero-order chi connectivity index (χ0) is 22.0. The molecule has 0 fully saturated rings. The Morgan fingerprint density at radius 1 is 0.968 bits per heavy atom. The number of fused-ring (bicyclic) bond motifs is 3. The van der Waals surface area contributed by atoms with Crippen molar-refractivity contribution < 1.29 is 24.4 Å². The van der Waals surface area contributed by atoms with Gasteiger partial charge in [0.05, 0.1) is 38.2 Å². The highest BCUT2D eigenvalue weighted by atomic mass is 16.5. The van der Waals surface area contributed by atoms with Gasteiger partial charge in [0.1, 0.15) is 24.3 Å². The van der Waals surface area contributed by atoms with E-state index in [4.69, 9.17) is 25.1 Å². The van der Waals surface area contributed by atoms with Gasteiger partial charge in [-0.3, -0.25) is 9.97 Å². The van der Waals surface area contributed by atoms with Gasteiger partial charge in [0.25, 0.3) is 0 Å². The Hall–Kier alpha value is -3.69. The van der Waals surface area contributed by atoms with Crippen molar-refractivity contribution >= 4 is 27.5 Å². The van der Waals surface area contributed by atoms with Crippen LogP contribution in [0, 0.1) is 0 Å². The van der Waals surface area contributed by atoms with Gasteiger partial charge in [-0.1, -0.05) is 0 Å². The third kappa shape index (κ3) is 4.00. The van der Waals surface area contributed by atoms with Crippen LogP contribution in [0.3, 0.4) is 0 Å². The molecule has 4 N–H and O–H groups in total. The number of aliphatic hydroxyl groups excluding tert-OH is 2. The normalized spacial score (nSPS) is 12.1. The minimum Gasteiger partial charge on any atom is -0.493 e. The average Bonchev–Trinajstić information content (AvgIpc) is 2.81. The Balaban J connectivity index is 1.83. The lowest BCUT2D eigenvalue weighted by atomic mass is 10.0. The molecule has 0 aliphatic carbocycles. The summed E-state index contributed by atoms with van der Waals surface area (Å²) in [5, 5.41) is 20.9. The predicted octanol–water partition coefficient (Wildman–Crippen LogP) is 2.18. The number of anilines is 1. The first-order chi connectivity index (χ1) is 15.0. The maximum absolute atomic E-state index is 9.49. The summed E-state index contributed by atoms with van der Waals surface area (Å²) in [6.45, 7) is -0.432. The van der Waals surface area contributed by atoms with Gasteiger partial charge in [0.15, 0.2) is 11.5 Å². The van der Waals surface area contributed by atoms with Crippen molar-refractivity contribution in [1.29, 1.82) is 0 Å². The van der Waals surface area contributed by atoms with Crippen LogP contribution in [0.15, 0.2) is 42.9 Å². The fourth-order valence-electron chi connectivity index (χ4n) is 3.29. The Kier molecular flexibility index (Phi) is 5.70. The summed E-state index contributed by atoms with van der Waals surface area (Å²) in [6, 6.07) is 7.33. The lowest BCUT2D eigenvalue weighted by molar-refractivity contribution is 0.0535. The molecule has 4 rings (SSSR count). The second kappa shape index (κ2) is 8.58. The molecule has 31 heavy (non-hydrogen) atoms. The first-order valence-electron chi connectivity index (χ1n) is 9.52. The van der Waals surface area contributed by atoms with Crippen molar-refractivity contribution in [3.8, 4) is 28.5 Å². The van der Waals surface area contributed by atoms with Gasteiger partial charge in [-0.2, -0.15) is 0 Å². The summed E-state index contributed by atoms with van der Waals surface area (Å²) >= 11 is 0. The average molecular weight is 422 g/mol. The summed E-state index contributed by atoms with van der Waals surface area (Å²) in [6.07, 6.45) is 3.89. The molecule has 3 heterocycles. The molecule has 9 nitrogen and oxygen atoms in total. The van der Waals surface area contributed by atoms with Crippen molar-refractivity contribution in [3.63, 3.8) is 0 Å². The molecule has 4 aromatic rings. The van der Waals surface area contributed by atoms with Gasteiger partial charge in [0.2, 0.25) is 0 Å². The van der Waals surface area contributed by atoms with Crippen LogP contribution < -0.4 is 19.9 Å². The molecule has 0 radical (unpaired) electrons. The monoisotopic (exact) mass is 422 g/mol. The summed E-state index contributed by atoms with van der Waals surface area (Å²) in [5.74, 6) is 1.94. The molecule has 0 saturated heterocycles. The van der Waals surface area contributed by atoms with Crippen LogP contribution in [0.5, 0.6) is 17.2 Å². The molecule has 0 bridgehead atoms. The topological polar surface area (TPSA) is 133 Å². The molecular formula is C22H22N4O5. The zero-order valence-electron chi connectivity index (χ0n) is 17.1. The van der Waals surface area contributed by atoms with Crippen molar-refractivity contribution in [3.05, 3.63) is 42.9 Å². The number of nitrogens with two attached hydrogens (primary N) is 1. The fraction of sp³-hybridized carbons (Fsp3) is 0.227. The summed E-state index contributed by atoms with van der Waals surface area (Å²) in [4.78, 5) is 13.2. The van der Waals surface area contributed by atoms with Crippen LogP contribution in [0.4, 0.5) is 5.82 Å². The number of hydrogen-bond acceptors (Lipinski definition) is 9. The maximum atomic E-state index is 9.49. The number of ether oxygens (including phenoxy) is 3. The predicted molar refractivity (Wildman–Crippen MR) is 116 cm³/mol. The van der Waals surface area contributed by atoms with Gasteiger partial charge < -0.3 is 30.2 Å². The number of benzene rings is 1. The molecular weight excluding hydrogens is 400 g/mol. The minimum absolute atomic E-state index is 0.0488. The number of methoxy groups -OCH3 is 2. The maximum Gasteiger partial charge on any atom is 0.162 e. The molecule has 0 spiro atoms. The molecule has 0 aliphatic heterocycles. The fourth-order valence-corrected chi connectivity index (χ4v) is 3.29. The van der Waals surface area contributed by atoms with Gasteiger partial charge in [-0.25, -0.2) is 4.98 Å². The van der Waals surface area contributed by atoms with E-state index in [1.165, 1.54) is 6.20 Å². The Morgan fingerprint density at radius 3 is 2.48 bits per heavy atom. The summed E-state index contributed by atoms with van der Waals surface area (Å²) in [7, 11) is 3.15.